The van der Waals surface area contributed by atoms with E-state index in [9.17, 15) is 9.59 Å². The van der Waals surface area contributed by atoms with E-state index in [1.165, 1.54) is 0 Å². The van der Waals surface area contributed by atoms with Gasteiger partial charge in [0.05, 0.1) is 12.2 Å². The first-order valence-corrected chi connectivity index (χ1v) is 6.33. The van der Waals surface area contributed by atoms with Crippen molar-refractivity contribution in [1.82, 2.24) is 5.32 Å². The predicted octanol–water partition coefficient (Wildman–Crippen LogP) is 1.89. The third kappa shape index (κ3) is 3.99. The molecule has 0 bridgehead atoms. The number of aryl methyl sites for hydroxylation is 1. The molecule has 1 amide bonds. The maximum atomic E-state index is 11.8. The monoisotopic (exact) mass is 347 g/mol. The van der Waals surface area contributed by atoms with Gasteiger partial charge in [-0.15, -0.1) is 0 Å². The van der Waals surface area contributed by atoms with E-state index in [0.717, 1.165) is 9.13 Å². The number of hydrogen-bond acceptors (Lipinski definition) is 3. The van der Waals surface area contributed by atoms with Gasteiger partial charge >= 0.3 is 5.97 Å². The molecule has 0 saturated carbocycles. The Hall–Kier alpha value is -1.11. The van der Waals surface area contributed by atoms with Crippen LogP contribution in [0.4, 0.5) is 0 Å². The molecular formula is C12H14INO3. The van der Waals surface area contributed by atoms with Gasteiger partial charge in [0.2, 0.25) is 0 Å². The minimum atomic E-state index is -0.427. The number of rotatable bonds is 4. The first kappa shape index (κ1) is 14.0. The van der Waals surface area contributed by atoms with Crippen LogP contribution in [0, 0.1) is 10.5 Å². The minimum Gasteiger partial charge on any atom is -0.465 e. The van der Waals surface area contributed by atoms with Gasteiger partial charge in [-0.05, 0) is 48.1 Å². The standard InChI is InChI=1S/C12H14INO3/c1-3-17-10(15)7-14-12(16)9-6-4-5-8(2)11(9)13/h4-6H,3,7H2,1-2H3,(H,14,16). The van der Waals surface area contributed by atoms with Crippen molar-refractivity contribution in [3.63, 3.8) is 0 Å². The van der Waals surface area contributed by atoms with E-state index < -0.39 is 5.97 Å². The van der Waals surface area contributed by atoms with Crippen molar-refractivity contribution in [3.8, 4) is 0 Å². The number of halogens is 1. The molecule has 1 N–H and O–H groups in total. The van der Waals surface area contributed by atoms with Crippen LogP contribution >= 0.6 is 22.6 Å². The average molecular weight is 347 g/mol. The Morgan fingerprint density at radius 3 is 2.76 bits per heavy atom. The van der Waals surface area contributed by atoms with Gasteiger partial charge in [-0.2, -0.15) is 0 Å². The van der Waals surface area contributed by atoms with Gasteiger partial charge in [-0.1, -0.05) is 12.1 Å². The fraction of sp³-hybridized carbons (Fsp3) is 0.333. The van der Waals surface area contributed by atoms with Crippen LogP contribution < -0.4 is 5.32 Å². The summed E-state index contributed by atoms with van der Waals surface area (Å²) in [6, 6.07) is 5.48. The highest BCUT2D eigenvalue weighted by Crippen LogP contribution is 2.16. The van der Waals surface area contributed by atoms with Crippen LogP contribution in [0.1, 0.15) is 22.8 Å². The van der Waals surface area contributed by atoms with E-state index in [0.29, 0.717) is 12.2 Å². The summed E-state index contributed by atoms with van der Waals surface area (Å²) in [5.41, 5.74) is 1.62. The van der Waals surface area contributed by atoms with E-state index in [1.807, 2.05) is 19.1 Å². The second-order valence-corrected chi connectivity index (χ2v) is 4.50. The second kappa shape index (κ2) is 6.58. The van der Waals surface area contributed by atoms with Crippen LogP contribution in [0.3, 0.4) is 0 Å². The molecule has 0 radical (unpaired) electrons. The van der Waals surface area contributed by atoms with Crippen molar-refractivity contribution in [2.45, 2.75) is 13.8 Å². The first-order valence-electron chi connectivity index (χ1n) is 5.25. The number of hydrogen-bond donors (Lipinski definition) is 1. The Kier molecular flexibility index (Phi) is 5.40. The smallest absolute Gasteiger partial charge is 0.325 e. The normalized spacial score (nSPS) is 9.82. The van der Waals surface area contributed by atoms with Crippen LogP contribution in [0.2, 0.25) is 0 Å². The first-order chi connectivity index (χ1) is 8.06. The molecule has 0 unspecified atom stereocenters. The predicted molar refractivity (Wildman–Crippen MR) is 72.9 cm³/mol. The number of carbonyl (C=O) groups excluding carboxylic acids is 2. The molecule has 0 aliphatic rings. The molecule has 92 valence electrons. The molecule has 0 aliphatic heterocycles. The van der Waals surface area contributed by atoms with Gasteiger partial charge < -0.3 is 10.1 Å². The molecule has 0 fully saturated rings. The molecule has 4 nitrogen and oxygen atoms in total. The van der Waals surface area contributed by atoms with Crippen LogP contribution in [-0.2, 0) is 9.53 Å². The molecule has 17 heavy (non-hydrogen) atoms. The number of nitrogens with one attached hydrogen (secondary N) is 1. The van der Waals surface area contributed by atoms with Gasteiger partial charge in [0, 0.05) is 3.57 Å². The van der Waals surface area contributed by atoms with E-state index >= 15 is 0 Å². The van der Waals surface area contributed by atoms with Crippen molar-refractivity contribution in [2.75, 3.05) is 13.2 Å². The third-order valence-electron chi connectivity index (χ3n) is 2.14. The summed E-state index contributed by atoms with van der Waals surface area (Å²) in [5.74, 6) is -0.685. The molecule has 5 heteroatoms. The Balaban J connectivity index is 2.64. The van der Waals surface area contributed by atoms with Crippen molar-refractivity contribution in [1.29, 1.82) is 0 Å². The van der Waals surface area contributed by atoms with Crippen molar-refractivity contribution in [2.24, 2.45) is 0 Å². The fourth-order valence-electron chi connectivity index (χ4n) is 1.28. The largest absolute Gasteiger partial charge is 0.465 e. The Bertz CT molecular complexity index is 432. The number of amides is 1. The molecule has 1 rings (SSSR count). The summed E-state index contributed by atoms with van der Waals surface area (Å²) >= 11 is 2.12. The fourth-order valence-corrected chi connectivity index (χ4v) is 1.89. The van der Waals surface area contributed by atoms with Crippen LogP contribution in [0.15, 0.2) is 18.2 Å². The zero-order chi connectivity index (χ0) is 12.8. The number of esters is 1. The summed E-state index contributed by atoms with van der Waals surface area (Å²) < 4.78 is 5.62. The lowest BCUT2D eigenvalue weighted by Crippen LogP contribution is -2.31. The van der Waals surface area contributed by atoms with Crippen LogP contribution in [0.25, 0.3) is 0 Å². The van der Waals surface area contributed by atoms with E-state index in [4.69, 9.17) is 4.74 Å². The molecule has 0 heterocycles. The number of benzene rings is 1. The quantitative estimate of drug-likeness (QED) is 0.669. The van der Waals surface area contributed by atoms with Gasteiger partial charge in [0.1, 0.15) is 6.54 Å². The van der Waals surface area contributed by atoms with Crippen LogP contribution in [0.5, 0.6) is 0 Å². The molecule has 0 spiro atoms. The third-order valence-corrected chi connectivity index (χ3v) is 3.57. The highest BCUT2D eigenvalue weighted by atomic mass is 127. The average Bonchev–Trinajstić information content (AvgIpc) is 2.30. The van der Waals surface area contributed by atoms with E-state index in [1.54, 1.807) is 13.0 Å². The highest BCUT2D eigenvalue weighted by Gasteiger charge is 2.12. The molecule has 0 atom stereocenters. The Morgan fingerprint density at radius 2 is 2.12 bits per heavy atom. The summed E-state index contributed by atoms with van der Waals surface area (Å²) in [4.78, 5) is 22.9. The minimum absolute atomic E-state index is 0.101. The number of ether oxygens (including phenoxy) is 1. The van der Waals surface area contributed by atoms with Crippen molar-refractivity contribution < 1.29 is 14.3 Å². The zero-order valence-corrected chi connectivity index (χ0v) is 11.9. The number of carbonyl (C=O) groups is 2. The van der Waals surface area contributed by atoms with Gasteiger partial charge in [-0.3, -0.25) is 9.59 Å². The lowest BCUT2D eigenvalue weighted by atomic mass is 10.1. The van der Waals surface area contributed by atoms with Gasteiger partial charge in [-0.25, -0.2) is 0 Å². The SMILES string of the molecule is CCOC(=O)CNC(=O)c1cccc(C)c1I. The lowest BCUT2D eigenvalue weighted by molar-refractivity contribution is -0.141. The maximum Gasteiger partial charge on any atom is 0.325 e. The maximum absolute atomic E-state index is 11.8. The summed E-state index contributed by atoms with van der Waals surface area (Å²) in [5, 5.41) is 2.53. The summed E-state index contributed by atoms with van der Waals surface area (Å²) in [6.07, 6.45) is 0. The molecule has 0 saturated heterocycles. The zero-order valence-electron chi connectivity index (χ0n) is 9.75. The Labute approximate surface area is 114 Å². The van der Waals surface area contributed by atoms with E-state index in [2.05, 4.69) is 27.9 Å². The van der Waals surface area contributed by atoms with E-state index in [-0.39, 0.29) is 12.5 Å². The summed E-state index contributed by atoms with van der Waals surface area (Å²) in [6.45, 7) is 3.88. The van der Waals surface area contributed by atoms with Crippen molar-refractivity contribution >= 4 is 34.5 Å². The van der Waals surface area contributed by atoms with Crippen molar-refractivity contribution in [3.05, 3.63) is 32.9 Å². The van der Waals surface area contributed by atoms with Gasteiger partial charge in [0.15, 0.2) is 0 Å². The molecule has 0 aromatic heterocycles. The molecular weight excluding hydrogens is 333 g/mol. The summed E-state index contributed by atoms with van der Waals surface area (Å²) in [7, 11) is 0. The highest BCUT2D eigenvalue weighted by molar-refractivity contribution is 14.1. The van der Waals surface area contributed by atoms with Gasteiger partial charge in [0.25, 0.3) is 5.91 Å². The Morgan fingerprint density at radius 1 is 1.41 bits per heavy atom. The second-order valence-electron chi connectivity index (χ2n) is 3.42. The lowest BCUT2D eigenvalue weighted by Gasteiger charge is -2.08. The molecule has 1 aromatic carbocycles. The van der Waals surface area contributed by atoms with Crippen LogP contribution in [-0.4, -0.2) is 25.0 Å². The molecule has 0 aliphatic carbocycles. The topological polar surface area (TPSA) is 55.4 Å². The molecule has 1 aromatic rings.